The van der Waals surface area contributed by atoms with Crippen molar-refractivity contribution in [2.45, 2.75) is 90.8 Å². The fourth-order valence-corrected chi connectivity index (χ4v) is 3.07. The average Bonchev–Trinajstić information content (AvgIpc) is 2.33. The zero-order valence-electron chi connectivity index (χ0n) is 13.3. The standard InChI is InChI=1S/C16H34N2/c1-6-15-11-7-8-13-18(15)14(2)10-9-12-17-16(3,4)5/h14-15,17H,6-13H2,1-5H3. The molecule has 1 N–H and O–H groups in total. The number of nitrogens with one attached hydrogen (secondary N) is 1. The minimum absolute atomic E-state index is 0.264. The summed E-state index contributed by atoms with van der Waals surface area (Å²) in [5, 5.41) is 3.59. The highest BCUT2D eigenvalue weighted by molar-refractivity contribution is 4.80. The van der Waals surface area contributed by atoms with Crippen LogP contribution in [0.1, 0.15) is 73.1 Å². The third kappa shape index (κ3) is 5.71. The Morgan fingerprint density at radius 2 is 2.00 bits per heavy atom. The zero-order valence-corrected chi connectivity index (χ0v) is 13.3. The van der Waals surface area contributed by atoms with Crippen LogP contribution in [0, 0.1) is 0 Å². The molecule has 2 nitrogen and oxygen atoms in total. The largest absolute Gasteiger partial charge is 0.312 e. The molecule has 0 spiro atoms. The topological polar surface area (TPSA) is 15.3 Å². The Morgan fingerprint density at radius 3 is 2.61 bits per heavy atom. The van der Waals surface area contributed by atoms with Crippen LogP contribution in [-0.2, 0) is 0 Å². The smallest absolute Gasteiger partial charge is 0.00965 e. The first-order valence-electron chi connectivity index (χ1n) is 7.95. The van der Waals surface area contributed by atoms with Crippen LogP contribution in [0.15, 0.2) is 0 Å². The van der Waals surface area contributed by atoms with E-state index in [-0.39, 0.29) is 5.54 Å². The van der Waals surface area contributed by atoms with Gasteiger partial charge in [0.25, 0.3) is 0 Å². The van der Waals surface area contributed by atoms with Crippen LogP contribution in [0.2, 0.25) is 0 Å². The van der Waals surface area contributed by atoms with Crippen LogP contribution in [0.4, 0.5) is 0 Å². The molecule has 18 heavy (non-hydrogen) atoms. The minimum atomic E-state index is 0.264. The summed E-state index contributed by atoms with van der Waals surface area (Å²) in [4.78, 5) is 2.76. The van der Waals surface area contributed by atoms with E-state index in [1.807, 2.05) is 0 Å². The summed E-state index contributed by atoms with van der Waals surface area (Å²) < 4.78 is 0. The summed E-state index contributed by atoms with van der Waals surface area (Å²) in [6.45, 7) is 14.0. The molecule has 1 heterocycles. The van der Waals surface area contributed by atoms with Gasteiger partial charge < -0.3 is 5.32 Å². The number of hydrogen-bond acceptors (Lipinski definition) is 2. The lowest BCUT2D eigenvalue weighted by Crippen LogP contribution is -2.45. The normalized spacial score (nSPS) is 24.2. The Labute approximate surface area is 115 Å². The first-order chi connectivity index (χ1) is 8.44. The lowest BCUT2D eigenvalue weighted by atomic mass is 9.96. The van der Waals surface area contributed by atoms with Crippen LogP contribution in [0.25, 0.3) is 0 Å². The predicted molar refractivity (Wildman–Crippen MR) is 81.1 cm³/mol. The van der Waals surface area contributed by atoms with Gasteiger partial charge in [-0.3, -0.25) is 4.90 Å². The molecule has 1 fully saturated rings. The first kappa shape index (κ1) is 16.0. The maximum absolute atomic E-state index is 3.59. The average molecular weight is 254 g/mol. The second-order valence-corrected chi connectivity index (χ2v) is 6.96. The molecule has 2 unspecified atom stereocenters. The van der Waals surface area contributed by atoms with Crippen molar-refractivity contribution in [3.8, 4) is 0 Å². The highest BCUT2D eigenvalue weighted by Crippen LogP contribution is 2.23. The summed E-state index contributed by atoms with van der Waals surface area (Å²) in [6, 6.07) is 1.61. The zero-order chi connectivity index (χ0) is 13.6. The van der Waals surface area contributed by atoms with Crippen molar-refractivity contribution in [3.63, 3.8) is 0 Å². The monoisotopic (exact) mass is 254 g/mol. The van der Waals surface area contributed by atoms with E-state index in [1.165, 1.54) is 45.1 Å². The van der Waals surface area contributed by atoms with Gasteiger partial charge in [0.05, 0.1) is 0 Å². The van der Waals surface area contributed by atoms with Gasteiger partial charge >= 0.3 is 0 Å². The third-order valence-corrected chi connectivity index (χ3v) is 4.16. The number of nitrogens with zero attached hydrogens (tertiary/aromatic N) is 1. The van der Waals surface area contributed by atoms with Gasteiger partial charge in [-0.2, -0.15) is 0 Å². The van der Waals surface area contributed by atoms with E-state index >= 15 is 0 Å². The van der Waals surface area contributed by atoms with Crippen molar-refractivity contribution < 1.29 is 0 Å². The van der Waals surface area contributed by atoms with E-state index in [0.717, 1.165) is 18.6 Å². The summed E-state index contributed by atoms with van der Waals surface area (Å²) >= 11 is 0. The molecule has 0 bridgehead atoms. The summed E-state index contributed by atoms with van der Waals surface area (Å²) in [7, 11) is 0. The van der Waals surface area contributed by atoms with E-state index in [9.17, 15) is 0 Å². The van der Waals surface area contributed by atoms with Crippen LogP contribution in [0.5, 0.6) is 0 Å². The molecule has 0 radical (unpaired) electrons. The fraction of sp³-hybridized carbons (Fsp3) is 1.00. The van der Waals surface area contributed by atoms with Crippen molar-refractivity contribution in [3.05, 3.63) is 0 Å². The van der Waals surface area contributed by atoms with Gasteiger partial charge in [0.15, 0.2) is 0 Å². The van der Waals surface area contributed by atoms with Crippen molar-refractivity contribution in [1.82, 2.24) is 10.2 Å². The molecule has 1 aliphatic rings. The number of likely N-dealkylation sites (tertiary alicyclic amines) is 1. The number of rotatable bonds is 6. The molecule has 0 aromatic carbocycles. The predicted octanol–water partition coefficient (Wildman–Crippen LogP) is 3.81. The van der Waals surface area contributed by atoms with Crippen molar-refractivity contribution in [1.29, 1.82) is 0 Å². The molecule has 1 aliphatic heterocycles. The lowest BCUT2D eigenvalue weighted by Gasteiger charge is -2.39. The Kier molecular flexibility index (Phi) is 6.65. The molecule has 2 heteroatoms. The minimum Gasteiger partial charge on any atom is -0.312 e. The van der Waals surface area contributed by atoms with Gasteiger partial charge in [0.1, 0.15) is 0 Å². The molecule has 1 saturated heterocycles. The van der Waals surface area contributed by atoms with E-state index in [1.54, 1.807) is 0 Å². The van der Waals surface area contributed by atoms with Crippen LogP contribution in [-0.4, -0.2) is 35.6 Å². The van der Waals surface area contributed by atoms with E-state index < -0.39 is 0 Å². The highest BCUT2D eigenvalue weighted by Gasteiger charge is 2.24. The Balaban J connectivity index is 2.24. The second-order valence-electron chi connectivity index (χ2n) is 6.96. The molecular weight excluding hydrogens is 220 g/mol. The fourth-order valence-electron chi connectivity index (χ4n) is 3.07. The molecule has 2 atom stereocenters. The quantitative estimate of drug-likeness (QED) is 0.725. The van der Waals surface area contributed by atoms with Gasteiger partial charge in [0.2, 0.25) is 0 Å². The Hall–Kier alpha value is -0.0800. The molecule has 0 aliphatic carbocycles. The van der Waals surface area contributed by atoms with Crippen LogP contribution in [0.3, 0.4) is 0 Å². The maximum atomic E-state index is 3.59. The van der Waals surface area contributed by atoms with E-state index in [4.69, 9.17) is 0 Å². The van der Waals surface area contributed by atoms with Gasteiger partial charge in [-0.15, -0.1) is 0 Å². The van der Waals surface area contributed by atoms with E-state index in [0.29, 0.717) is 0 Å². The molecule has 0 amide bonds. The van der Waals surface area contributed by atoms with Crippen molar-refractivity contribution >= 4 is 0 Å². The van der Waals surface area contributed by atoms with Gasteiger partial charge in [-0.25, -0.2) is 0 Å². The number of piperidine rings is 1. The molecule has 1 rings (SSSR count). The van der Waals surface area contributed by atoms with Crippen molar-refractivity contribution in [2.75, 3.05) is 13.1 Å². The molecule has 0 saturated carbocycles. The number of hydrogen-bond donors (Lipinski definition) is 1. The van der Waals surface area contributed by atoms with Crippen LogP contribution < -0.4 is 5.32 Å². The van der Waals surface area contributed by atoms with E-state index in [2.05, 4.69) is 44.8 Å². The van der Waals surface area contributed by atoms with Gasteiger partial charge in [-0.1, -0.05) is 13.3 Å². The van der Waals surface area contributed by atoms with Gasteiger partial charge in [-0.05, 0) is 72.9 Å². The maximum Gasteiger partial charge on any atom is 0.00965 e. The summed E-state index contributed by atoms with van der Waals surface area (Å²) in [6.07, 6.45) is 8.21. The molecule has 108 valence electrons. The Bertz CT molecular complexity index is 220. The molecule has 0 aromatic heterocycles. The van der Waals surface area contributed by atoms with Crippen molar-refractivity contribution in [2.24, 2.45) is 0 Å². The SMILES string of the molecule is CCC1CCCCN1C(C)CCCNC(C)(C)C. The summed E-state index contributed by atoms with van der Waals surface area (Å²) in [5.41, 5.74) is 0.264. The molecule has 0 aromatic rings. The second kappa shape index (κ2) is 7.49. The lowest BCUT2D eigenvalue weighted by molar-refractivity contribution is 0.0941. The highest BCUT2D eigenvalue weighted by atomic mass is 15.2. The van der Waals surface area contributed by atoms with Crippen LogP contribution >= 0.6 is 0 Å². The first-order valence-corrected chi connectivity index (χ1v) is 7.95. The third-order valence-electron chi connectivity index (χ3n) is 4.16. The summed E-state index contributed by atoms with van der Waals surface area (Å²) in [5.74, 6) is 0. The van der Waals surface area contributed by atoms with Gasteiger partial charge in [0, 0.05) is 17.6 Å². The Morgan fingerprint density at radius 1 is 1.28 bits per heavy atom. The molecular formula is C16H34N2.